The van der Waals surface area contributed by atoms with Gasteiger partial charge in [-0.05, 0) is 40.2 Å². The van der Waals surface area contributed by atoms with Gasteiger partial charge in [0.15, 0.2) is 0 Å². The molecule has 0 aromatic heterocycles. The van der Waals surface area contributed by atoms with Gasteiger partial charge in [0.25, 0.3) is 5.97 Å². The van der Waals surface area contributed by atoms with Crippen LogP contribution in [0.2, 0.25) is 0 Å². The van der Waals surface area contributed by atoms with E-state index in [0.717, 1.165) is 19.5 Å². The van der Waals surface area contributed by atoms with Gasteiger partial charge in [-0.2, -0.15) is 0 Å². The number of unbranched alkanes of at least 4 members (excludes halogenated alkanes) is 6. The van der Waals surface area contributed by atoms with Gasteiger partial charge in [-0.3, -0.25) is 0 Å². The van der Waals surface area contributed by atoms with E-state index in [1.165, 1.54) is 51.4 Å². The lowest BCUT2D eigenvalue weighted by atomic mass is 9.97. The van der Waals surface area contributed by atoms with E-state index >= 15 is 0 Å². The molecule has 4 nitrogen and oxygen atoms in total. The predicted molar refractivity (Wildman–Crippen MR) is 107 cm³/mol. The Labute approximate surface area is 157 Å². The molecular formula is C21H45NO3. The molecule has 4 heteroatoms. The first-order valence-electron chi connectivity index (χ1n) is 10.8. The van der Waals surface area contributed by atoms with Crippen LogP contribution in [-0.2, 0) is 14.2 Å². The van der Waals surface area contributed by atoms with Crippen molar-refractivity contribution < 1.29 is 14.2 Å². The van der Waals surface area contributed by atoms with Gasteiger partial charge in [0.1, 0.15) is 0 Å². The van der Waals surface area contributed by atoms with Crippen LogP contribution >= 0.6 is 0 Å². The average Bonchev–Trinajstić information content (AvgIpc) is 2.60. The monoisotopic (exact) mass is 359 g/mol. The molecule has 1 N–H and O–H groups in total. The van der Waals surface area contributed by atoms with Crippen LogP contribution in [0.3, 0.4) is 0 Å². The second kappa shape index (κ2) is 17.3. The van der Waals surface area contributed by atoms with E-state index in [1.54, 1.807) is 0 Å². The number of hydrogen-bond acceptors (Lipinski definition) is 4. The molecule has 0 amide bonds. The van der Waals surface area contributed by atoms with E-state index in [4.69, 9.17) is 14.2 Å². The van der Waals surface area contributed by atoms with Crippen molar-refractivity contribution in [2.75, 3.05) is 32.9 Å². The van der Waals surface area contributed by atoms with Gasteiger partial charge in [0.05, 0.1) is 5.92 Å². The lowest BCUT2D eigenvalue weighted by Gasteiger charge is -2.39. The summed E-state index contributed by atoms with van der Waals surface area (Å²) >= 11 is 0. The second-order valence-corrected chi connectivity index (χ2v) is 6.71. The molecule has 0 heterocycles. The van der Waals surface area contributed by atoms with Crippen LogP contribution in [0.25, 0.3) is 0 Å². The maximum absolute atomic E-state index is 6.04. The van der Waals surface area contributed by atoms with Crippen molar-refractivity contribution in [2.45, 2.75) is 98.4 Å². The van der Waals surface area contributed by atoms with Crippen molar-refractivity contribution in [2.24, 2.45) is 5.92 Å². The van der Waals surface area contributed by atoms with Crippen molar-refractivity contribution in [1.29, 1.82) is 0 Å². The van der Waals surface area contributed by atoms with Crippen LogP contribution in [0.1, 0.15) is 92.4 Å². The first-order chi connectivity index (χ1) is 12.2. The zero-order valence-corrected chi connectivity index (χ0v) is 17.7. The second-order valence-electron chi connectivity index (χ2n) is 6.71. The molecule has 0 aliphatic rings. The largest absolute Gasteiger partial charge is 0.327 e. The van der Waals surface area contributed by atoms with Gasteiger partial charge in [0, 0.05) is 26.4 Å². The number of rotatable bonds is 19. The molecule has 0 saturated heterocycles. The van der Waals surface area contributed by atoms with Crippen molar-refractivity contribution in [1.82, 2.24) is 5.32 Å². The minimum absolute atomic E-state index is 0.218. The lowest BCUT2D eigenvalue weighted by Crippen LogP contribution is -2.50. The summed E-state index contributed by atoms with van der Waals surface area (Å²) in [6.45, 7) is 14.3. The fourth-order valence-corrected chi connectivity index (χ4v) is 3.24. The van der Waals surface area contributed by atoms with Gasteiger partial charge in [-0.15, -0.1) is 0 Å². The van der Waals surface area contributed by atoms with Crippen molar-refractivity contribution in [3.8, 4) is 0 Å². The van der Waals surface area contributed by atoms with E-state index < -0.39 is 5.97 Å². The molecule has 0 fully saturated rings. The molecule has 25 heavy (non-hydrogen) atoms. The summed E-state index contributed by atoms with van der Waals surface area (Å²) in [6.07, 6.45) is 11.3. The molecule has 0 bridgehead atoms. The fraction of sp³-hybridized carbons (Fsp3) is 1.00. The molecule has 0 radical (unpaired) electrons. The van der Waals surface area contributed by atoms with E-state index in [1.807, 2.05) is 20.8 Å². The van der Waals surface area contributed by atoms with E-state index in [-0.39, 0.29) is 5.92 Å². The van der Waals surface area contributed by atoms with E-state index in [9.17, 15) is 0 Å². The highest BCUT2D eigenvalue weighted by Crippen LogP contribution is 2.30. The zero-order chi connectivity index (χ0) is 18.8. The summed E-state index contributed by atoms with van der Waals surface area (Å²) < 4.78 is 18.1. The predicted octanol–water partition coefficient (Wildman–Crippen LogP) is 5.51. The maximum atomic E-state index is 6.04. The van der Waals surface area contributed by atoms with Gasteiger partial charge in [-0.25, -0.2) is 0 Å². The summed E-state index contributed by atoms with van der Waals surface area (Å²) in [5.74, 6) is -0.684. The molecule has 0 aliphatic carbocycles. The molecule has 0 aliphatic heterocycles. The maximum Gasteiger partial charge on any atom is 0.287 e. The van der Waals surface area contributed by atoms with Crippen LogP contribution in [0.5, 0.6) is 0 Å². The third kappa shape index (κ3) is 11.2. The highest BCUT2D eigenvalue weighted by Gasteiger charge is 2.41. The van der Waals surface area contributed by atoms with Crippen LogP contribution in [0, 0.1) is 5.92 Å². The minimum atomic E-state index is -0.902. The number of ether oxygens (including phenoxy) is 3. The Morgan fingerprint density at radius 2 is 1.20 bits per heavy atom. The van der Waals surface area contributed by atoms with Crippen molar-refractivity contribution in [3.05, 3.63) is 0 Å². The first kappa shape index (κ1) is 24.8. The van der Waals surface area contributed by atoms with Gasteiger partial charge in [0.2, 0.25) is 0 Å². The standard InChI is InChI=1S/C21H45NO3/c1-6-11-13-14-15-16-17-20(19-22-18-12-7-2)21(23-8-3,24-9-4)25-10-5/h20,22H,6-19H2,1-5H3. The highest BCUT2D eigenvalue weighted by molar-refractivity contribution is 4.75. The zero-order valence-electron chi connectivity index (χ0n) is 17.7. The Morgan fingerprint density at radius 3 is 1.72 bits per heavy atom. The Kier molecular flexibility index (Phi) is 17.2. The summed E-state index contributed by atoms with van der Waals surface area (Å²) in [7, 11) is 0. The highest BCUT2D eigenvalue weighted by atomic mass is 16.9. The topological polar surface area (TPSA) is 39.7 Å². The minimum Gasteiger partial charge on any atom is -0.327 e. The smallest absolute Gasteiger partial charge is 0.287 e. The van der Waals surface area contributed by atoms with Crippen molar-refractivity contribution in [3.63, 3.8) is 0 Å². The fourth-order valence-electron chi connectivity index (χ4n) is 3.24. The molecule has 0 aromatic rings. The summed E-state index contributed by atoms with van der Waals surface area (Å²) in [4.78, 5) is 0. The summed E-state index contributed by atoms with van der Waals surface area (Å²) in [6, 6.07) is 0. The Bertz CT molecular complexity index is 257. The SMILES string of the molecule is CCCCCCCCC(CNCCCC)C(OCC)(OCC)OCC. The Hall–Kier alpha value is -0.160. The number of hydrogen-bond donors (Lipinski definition) is 1. The molecule has 1 atom stereocenters. The van der Waals surface area contributed by atoms with Crippen LogP contribution < -0.4 is 5.32 Å². The molecule has 0 saturated carbocycles. The van der Waals surface area contributed by atoms with Crippen molar-refractivity contribution >= 4 is 0 Å². The Balaban J connectivity index is 4.75. The third-order valence-corrected chi connectivity index (χ3v) is 4.54. The summed E-state index contributed by atoms with van der Waals surface area (Å²) in [5.41, 5.74) is 0. The van der Waals surface area contributed by atoms with Crippen LogP contribution in [0.15, 0.2) is 0 Å². The molecule has 1 unspecified atom stereocenters. The lowest BCUT2D eigenvalue weighted by molar-refractivity contribution is -0.401. The van der Waals surface area contributed by atoms with Crippen LogP contribution in [0.4, 0.5) is 0 Å². The van der Waals surface area contributed by atoms with E-state index in [0.29, 0.717) is 19.8 Å². The van der Waals surface area contributed by atoms with Crippen LogP contribution in [-0.4, -0.2) is 38.9 Å². The third-order valence-electron chi connectivity index (χ3n) is 4.54. The number of nitrogens with one attached hydrogen (secondary N) is 1. The van der Waals surface area contributed by atoms with Gasteiger partial charge in [-0.1, -0.05) is 58.8 Å². The quantitative estimate of drug-likeness (QED) is 0.244. The summed E-state index contributed by atoms with van der Waals surface area (Å²) in [5, 5.41) is 3.59. The molecular weight excluding hydrogens is 314 g/mol. The first-order valence-corrected chi connectivity index (χ1v) is 10.8. The molecule has 0 spiro atoms. The normalized spacial score (nSPS) is 13.3. The average molecular weight is 360 g/mol. The Morgan fingerprint density at radius 1 is 0.680 bits per heavy atom. The molecule has 152 valence electrons. The molecule has 0 aromatic carbocycles. The van der Waals surface area contributed by atoms with Gasteiger partial charge >= 0.3 is 0 Å². The van der Waals surface area contributed by atoms with E-state index in [2.05, 4.69) is 19.2 Å². The van der Waals surface area contributed by atoms with Gasteiger partial charge < -0.3 is 19.5 Å². The molecule has 0 rings (SSSR count).